The molecule has 0 saturated heterocycles. The Morgan fingerprint density at radius 3 is 2.32 bits per heavy atom. The minimum atomic E-state index is -1.02. The predicted molar refractivity (Wildman–Crippen MR) is 101 cm³/mol. The van der Waals surface area contributed by atoms with E-state index in [-0.39, 0.29) is 0 Å². The summed E-state index contributed by atoms with van der Waals surface area (Å²) >= 11 is 0. The Labute approximate surface area is 151 Å². The predicted octanol–water partition coefficient (Wildman–Crippen LogP) is 4.52. The van der Waals surface area contributed by atoms with Crippen molar-refractivity contribution in [2.24, 2.45) is 0 Å². The molecule has 2 rings (SSSR count). The SMILES string of the molecule is CCS(=O)Nc1ccccc1CCCCCc1ccccc1OOO. The van der Waals surface area contributed by atoms with Crippen LogP contribution in [0.25, 0.3) is 0 Å². The van der Waals surface area contributed by atoms with Crippen molar-refractivity contribution in [2.45, 2.75) is 39.0 Å². The van der Waals surface area contributed by atoms with E-state index in [9.17, 15) is 4.21 Å². The number of anilines is 1. The number of benzene rings is 2. The van der Waals surface area contributed by atoms with Gasteiger partial charge in [-0.2, -0.15) is 0 Å². The fourth-order valence-corrected chi connectivity index (χ4v) is 3.26. The molecule has 0 aliphatic rings. The molecule has 2 N–H and O–H groups in total. The van der Waals surface area contributed by atoms with Gasteiger partial charge in [-0.15, -0.1) is 0 Å². The fraction of sp³-hybridized carbons (Fsp3) is 0.368. The van der Waals surface area contributed by atoms with Crippen molar-refractivity contribution in [2.75, 3.05) is 10.5 Å². The number of unbranched alkanes of at least 4 members (excludes halogenated alkanes) is 2. The first-order valence-corrected chi connectivity index (χ1v) is 9.85. The Balaban J connectivity index is 1.79. The van der Waals surface area contributed by atoms with Gasteiger partial charge in [0.05, 0.1) is 0 Å². The first kappa shape index (κ1) is 19.4. The van der Waals surface area contributed by atoms with Crippen molar-refractivity contribution in [1.82, 2.24) is 0 Å². The lowest BCUT2D eigenvalue weighted by Crippen LogP contribution is -2.08. The molecule has 0 saturated carbocycles. The van der Waals surface area contributed by atoms with Crippen molar-refractivity contribution >= 4 is 16.7 Å². The van der Waals surface area contributed by atoms with Crippen LogP contribution in [0, 0.1) is 0 Å². The molecule has 0 aliphatic heterocycles. The molecular formula is C19H25NO4S. The second kappa shape index (κ2) is 10.9. The molecule has 0 radical (unpaired) electrons. The zero-order valence-electron chi connectivity index (χ0n) is 14.4. The first-order valence-electron chi connectivity index (χ1n) is 8.53. The summed E-state index contributed by atoms with van der Waals surface area (Å²) in [6, 6.07) is 15.5. The largest absolute Gasteiger partial charge is 0.308 e. The molecule has 1 unspecified atom stereocenters. The molecule has 25 heavy (non-hydrogen) atoms. The lowest BCUT2D eigenvalue weighted by molar-refractivity contribution is -0.439. The second-order valence-corrected chi connectivity index (χ2v) is 7.19. The van der Waals surface area contributed by atoms with Crippen LogP contribution >= 0.6 is 0 Å². The van der Waals surface area contributed by atoms with Crippen molar-refractivity contribution in [3.8, 4) is 5.75 Å². The lowest BCUT2D eigenvalue weighted by Gasteiger charge is -2.11. The highest BCUT2D eigenvalue weighted by Gasteiger charge is 2.06. The zero-order valence-corrected chi connectivity index (χ0v) is 15.3. The van der Waals surface area contributed by atoms with Crippen LogP contribution in [-0.2, 0) is 28.9 Å². The number of hydrogen-bond donors (Lipinski definition) is 2. The Morgan fingerprint density at radius 1 is 0.960 bits per heavy atom. The zero-order chi connectivity index (χ0) is 17.9. The van der Waals surface area contributed by atoms with Crippen molar-refractivity contribution in [1.29, 1.82) is 0 Å². The summed E-state index contributed by atoms with van der Waals surface area (Å²) in [5, 5.41) is 12.2. The highest BCUT2D eigenvalue weighted by atomic mass is 32.2. The number of rotatable bonds is 11. The van der Waals surface area contributed by atoms with Crippen LogP contribution in [0.4, 0.5) is 5.69 Å². The molecule has 5 nitrogen and oxygen atoms in total. The minimum absolute atomic E-state index is 0.543. The Bertz CT molecular complexity index is 678. The maximum Gasteiger partial charge on any atom is 0.171 e. The third-order valence-corrected chi connectivity index (χ3v) is 4.97. The number of hydrogen-bond acceptors (Lipinski definition) is 4. The maximum absolute atomic E-state index is 11.7. The summed E-state index contributed by atoms with van der Waals surface area (Å²) in [6.07, 6.45) is 4.94. The summed E-state index contributed by atoms with van der Waals surface area (Å²) < 4.78 is 14.8. The molecule has 136 valence electrons. The molecule has 2 aromatic carbocycles. The van der Waals surface area contributed by atoms with Gasteiger partial charge in [0, 0.05) is 11.4 Å². The van der Waals surface area contributed by atoms with Gasteiger partial charge in [0.15, 0.2) is 5.75 Å². The van der Waals surface area contributed by atoms with Crippen LogP contribution < -0.4 is 9.61 Å². The van der Waals surface area contributed by atoms with Crippen molar-refractivity contribution in [3.05, 3.63) is 59.7 Å². The molecule has 0 aliphatic carbocycles. The highest BCUT2D eigenvalue weighted by Crippen LogP contribution is 2.22. The Hall–Kier alpha value is -1.89. The van der Waals surface area contributed by atoms with Crippen LogP contribution in [0.15, 0.2) is 48.5 Å². The molecule has 0 fully saturated rings. The van der Waals surface area contributed by atoms with Gasteiger partial charge < -0.3 is 9.61 Å². The van der Waals surface area contributed by atoms with Gasteiger partial charge in [-0.3, -0.25) is 0 Å². The summed E-state index contributed by atoms with van der Waals surface area (Å²) in [5.41, 5.74) is 3.17. The Kier molecular flexibility index (Phi) is 8.45. The van der Waals surface area contributed by atoms with Gasteiger partial charge in [-0.25, -0.2) is 9.47 Å². The van der Waals surface area contributed by atoms with Crippen molar-refractivity contribution in [3.63, 3.8) is 0 Å². The van der Waals surface area contributed by atoms with Gasteiger partial charge in [0.2, 0.25) is 0 Å². The van der Waals surface area contributed by atoms with Crippen LogP contribution in [0.1, 0.15) is 37.3 Å². The number of nitrogens with one attached hydrogen (secondary N) is 1. The monoisotopic (exact) mass is 363 g/mol. The first-order chi connectivity index (χ1) is 12.2. The fourth-order valence-electron chi connectivity index (χ4n) is 2.67. The van der Waals surface area contributed by atoms with Gasteiger partial charge >= 0.3 is 0 Å². The van der Waals surface area contributed by atoms with E-state index in [0.29, 0.717) is 11.5 Å². The second-order valence-electron chi connectivity index (χ2n) is 5.72. The quantitative estimate of drug-likeness (QED) is 0.350. The molecule has 0 amide bonds. The lowest BCUT2D eigenvalue weighted by atomic mass is 10.0. The Morgan fingerprint density at radius 2 is 1.60 bits per heavy atom. The standard InChI is InChI=1S/C19H25NO4S/c1-2-25(22)20-18-14-8-6-11-16(18)10-4-3-5-12-17-13-7-9-15-19(17)23-24-21/h6-9,11,13-15,20-21H,2-5,10,12H2,1H3. The normalized spacial score (nSPS) is 11.9. The van der Waals surface area contributed by atoms with Gasteiger partial charge in [-0.05, 0) is 54.0 Å². The van der Waals surface area contributed by atoms with E-state index in [1.54, 1.807) is 6.07 Å². The topological polar surface area (TPSA) is 67.8 Å². The smallest absolute Gasteiger partial charge is 0.171 e. The summed E-state index contributed by atoms with van der Waals surface area (Å²) in [4.78, 5) is 4.75. The van der Waals surface area contributed by atoms with Crippen LogP contribution in [0.3, 0.4) is 0 Å². The average molecular weight is 363 g/mol. The number of aryl methyl sites for hydroxylation is 2. The van der Waals surface area contributed by atoms with E-state index in [2.05, 4.69) is 15.8 Å². The molecule has 0 aromatic heterocycles. The molecular weight excluding hydrogens is 338 g/mol. The summed E-state index contributed by atoms with van der Waals surface area (Å²) in [5.74, 6) is 1.13. The maximum atomic E-state index is 11.7. The van der Waals surface area contributed by atoms with Crippen LogP contribution in [0.5, 0.6) is 5.75 Å². The molecule has 0 spiro atoms. The highest BCUT2D eigenvalue weighted by molar-refractivity contribution is 7.86. The van der Waals surface area contributed by atoms with E-state index >= 15 is 0 Å². The molecule has 1 atom stereocenters. The third-order valence-electron chi connectivity index (χ3n) is 4.00. The van der Waals surface area contributed by atoms with Crippen LogP contribution in [-0.4, -0.2) is 15.2 Å². The van der Waals surface area contributed by atoms with E-state index < -0.39 is 11.0 Å². The summed E-state index contributed by atoms with van der Waals surface area (Å²) in [7, 11) is -1.02. The van der Waals surface area contributed by atoms with Crippen molar-refractivity contribution < 1.29 is 19.4 Å². The van der Waals surface area contributed by atoms with Gasteiger partial charge in [-0.1, -0.05) is 49.7 Å². The van der Waals surface area contributed by atoms with Gasteiger partial charge in [0.25, 0.3) is 0 Å². The van der Waals surface area contributed by atoms with Gasteiger partial charge in [0.1, 0.15) is 11.0 Å². The molecule has 0 bridgehead atoms. The van der Waals surface area contributed by atoms with Crippen LogP contribution in [0.2, 0.25) is 0 Å². The molecule has 2 aromatic rings. The molecule has 6 heteroatoms. The summed E-state index contributed by atoms with van der Waals surface area (Å²) in [6.45, 7) is 1.90. The number of para-hydroxylation sites is 2. The van der Waals surface area contributed by atoms with E-state index in [1.165, 1.54) is 5.56 Å². The van der Waals surface area contributed by atoms with E-state index in [0.717, 1.165) is 43.4 Å². The molecule has 0 heterocycles. The third kappa shape index (κ3) is 6.49. The van der Waals surface area contributed by atoms with E-state index in [1.807, 2.05) is 43.3 Å². The average Bonchev–Trinajstić information content (AvgIpc) is 2.64. The van der Waals surface area contributed by atoms with E-state index in [4.69, 9.17) is 10.1 Å². The minimum Gasteiger partial charge on any atom is -0.308 e.